The lowest BCUT2D eigenvalue weighted by Crippen LogP contribution is -2.18. The molecule has 0 amide bonds. The van der Waals surface area contributed by atoms with Gasteiger partial charge in [0.15, 0.2) is 0 Å². The molecule has 124 valence electrons. The number of hydrogen-bond donors (Lipinski definition) is 0. The third-order valence-corrected chi connectivity index (χ3v) is 4.23. The van der Waals surface area contributed by atoms with Crippen LogP contribution in [0.15, 0.2) is 59.2 Å². The number of nitro groups is 1. The fourth-order valence-electron chi connectivity index (χ4n) is 3.14. The first-order valence-corrected chi connectivity index (χ1v) is 7.85. The van der Waals surface area contributed by atoms with Crippen LogP contribution < -0.4 is 4.90 Å². The van der Waals surface area contributed by atoms with E-state index in [-0.39, 0.29) is 11.2 Å². The van der Waals surface area contributed by atoms with Crippen molar-refractivity contribution in [2.75, 3.05) is 11.4 Å². The lowest BCUT2D eigenvalue weighted by Gasteiger charge is -2.24. The average molecular weight is 334 g/mol. The summed E-state index contributed by atoms with van der Waals surface area (Å²) in [5.41, 5.74) is 1.78. The molecule has 0 N–H and O–H groups in total. The molecule has 1 aromatic heterocycles. The zero-order chi connectivity index (χ0) is 17.4. The van der Waals surface area contributed by atoms with Crippen molar-refractivity contribution in [2.45, 2.75) is 6.92 Å². The van der Waals surface area contributed by atoms with Crippen molar-refractivity contribution in [3.63, 3.8) is 0 Å². The minimum Gasteiger partial charge on any atom is -0.336 e. The third-order valence-electron chi connectivity index (χ3n) is 4.23. The zero-order valence-corrected chi connectivity index (χ0v) is 13.4. The molecule has 0 bridgehead atoms. The summed E-state index contributed by atoms with van der Waals surface area (Å²) >= 11 is 0. The molecule has 0 radical (unpaired) electrons. The minimum absolute atomic E-state index is 0.103. The Labute approximate surface area is 142 Å². The Morgan fingerprint density at radius 1 is 1.04 bits per heavy atom. The summed E-state index contributed by atoms with van der Waals surface area (Å²) in [6.07, 6.45) is 0. The van der Waals surface area contributed by atoms with Crippen LogP contribution in [-0.4, -0.2) is 21.8 Å². The lowest BCUT2D eigenvalue weighted by atomic mass is 10.1. The highest BCUT2D eigenvalue weighted by atomic mass is 16.6. The number of rotatable bonds is 4. The number of nitro benzene ring substituents is 1. The molecule has 0 spiro atoms. The first kappa shape index (κ1) is 15.1. The third kappa shape index (κ3) is 2.37. The summed E-state index contributed by atoms with van der Waals surface area (Å²) < 4.78 is 4.68. The topological polar surface area (TPSA) is 85.3 Å². The van der Waals surface area contributed by atoms with Crippen molar-refractivity contribution in [2.24, 2.45) is 0 Å². The molecule has 0 aliphatic heterocycles. The summed E-state index contributed by atoms with van der Waals surface area (Å²) in [6.45, 7) is 2.52. The molecule has 3 aromatic carbocycles. The maximum atomic E-state index is 11.7. The Kier molecular flexibility index (Phi) is 3.53. The van der Waals surface area contributed by atoms with Crippen molar-refractivity contribution in [1.29, 1.82) is 0 Å². The molecule has 25 heavy (non-hydrogen) atoms. The normalized spacial score (nSPS) is 11.1. The molecule has 0 aliphatic rings. The van der Waals surface area contributed by atoms with Crippen molar-refractivity contribution in [1.82, 2.24) is 10.3 Å². The highest BCUT2D eigenvalue weighted by Gasteiger charge is 2.26. The summed E-state index contributed by atoms with van der Waals surface area (Å²) in [5.74, 6) is 0. The SMILES string of the molecule is CCN(c1ccc2nonc2c1[N+](=O)[O-])c1cccc2ccccc12. The Bertz CT molecular complexity index is 1080. The second-order valence-corrected chi connectivity index (χ2v) is 5.56. The molecule has 0 fully saturated rings. The quantitative estimate of drug-likeness (QED) is 0.405. The van der Waals surface area contributed by atoms with Gasteiger partial charge in [-0.25, -0.2) is 4.63 Å². The van der Waals surface area contributed by atoms with Gasteiger partial charge in [-0.1, -0.05) is 36.4 Å². The molecule has 7 nitrogen and oxygen atoms in total. The van der Waals surface area contributed by atoms with Gasteiger partial charge in [-0.15, -0.1) is 0 Å². The van der Waals surface area contributed by atoms with Gasteiger partial charge in [0.25, 0.3) is 0 Å². The molecule has 0 unspecified atom stereocenters. The number of aromatic nitrogens is 2. The predicted molar refractivity (Wildman–Crippen MR) is 95.1 cm³/mol. The molecular weight excluding hydrogens is 320 g/mol. The number of fused-ring (bicyclic) bond motifs is 2. The van der Waals surface area contributed by atoms with Gasteiger partial charge in [0.2, 0.25) is 5.52 Å². The van der Waals surface area contributed by atoms with Gasteiger partial charge in [-0.05, 0) is 40.8 Å². The maximum absolute atomic E-state index is 11.7. The summed E-state index contributed by atoms with van der Waals surface area (Å²) in [4.78, 5) is 13.2. The van der Waals surface area contributed by atoms with Gasteiger partial charge in [-0.2, -0.15) is 0 Å². The number of benzene rings is 3. The average Bonchev–Trinajstić information content (AvgIpc) is 3.10. The lowest BCUT2D eigenvalue weighted by molar-refractivity contribution is -0.382. The van der Waals surface area contributed by atoms with Crippen LogP contribution >= 0.6 is 0 Å². The van der Waals surface area contributed by atoms with E-state index in [1.165, 1.54) is 0 Å². The number of nitrogens with zero attached hydrogens (tertiary/aromatic N) is 4. The summed E-state index contributed by atoms with van der Waals surface area (Å²) in [7, 11) is 0. The van der Waals surface area contributed by atoms with E-state index in [0.29, 0.717) is 17.7 Å². The second-order valence-electron chi connectivity index (χ2n) is 5.56. The monoisotopic (exact) mass is 334 g/mol. The molecule has 0 aliphatic carbocycles. The van der Waals surface area contributed by atoms with E-state index in [9.17, 15) is 10.1 Å². The van der Waals surface area contributed by atoms with Crippen LogP contribution in [0.25, 0.3) is 21.8 Å². The second kappa shape index (κ2) is 5.86. The summed E-state index contributed by atoms with van der Waals surface area (Å²) in [5, 5.41) is 21.2. The molecule has 4 rings (SSSR count). The standard InChI is InChI=1S/C18H14N4O3/c1-2-21(15-9-5-7-12-6-3-4-8-13(12)15)16-11-10-14-17(20-25-19-14)18(16)22(23)24/h3-11H,2H2,1H3. The zero-order valence-electron chi connectivity index (χ0n) is 13.4. The Morgan fingerprint density at radius 3 is 2.64 bits per heavy atom. The Morgan fingerprint density at radius 2 is 1.84 bits per heavy atom. The van der Waals surface area contributed by atoms with Gasteiger partial charge in [-0.3, -0.25) is 10.1 Å². The van der Waals surface area contributed by atoms with Gasteiger partial charge in [0.05, 0.1) is 4.92 Å². The van der Waals surface area contributed by atoms with Crippen molar-refractivity contribution < 1.29 is 9.55 Å². The van der Waals surface area contributed by atoms with Crippen molar-refractivity contribution in [3.8, 4) is 0 Å². The van der Waals surface area contributed by atoms with E-state index < -0.39 is 4.92 Å². The highest BCUT2D eigenvalue weighted by molar-refractivity contribution is 5.99. The van der Waals surface area contributed by atoms with Crippen LogP contribution in [0.5, 0.6) is 0 Å². The first-order chi connectivity index (χ1) is 12.2. The molecule has 1 heterocycles. The molecule has 7 heteroatoms. The summed E-state index contributed by atoms with van der Waals surface area (Å²) in [6, 6.07) is 17.3. The van der Waals surface area contributed by atoms with E-state index in [1.54, 1.807) is 12.1 Å². The molecule has 4 aromatic rings. The number of hydrogen-bond acceptors (Lipinski definition) is 6. The van der Waals surface area contributed by atoms with Crippen LogP contribution in [-0.2, 0) is 0 Å². The van der Waals surface area contributed by atoms with Gasteiger partial charge in [0, 0.05) is 17.6 Å². The van der Waals surface area contributed by atoms with Gasteiger partial charge >= 0.3 is 5.69 Å². The van der Waals surface area contributed by atoms with Gasteiger partial charge < -0.3 is 4.90 Å². The largest absolute Gasteiger partial charge is 0.336 e. The minimum atomic E-state index is -0.435. The predicted octanol–water partition coefficient (Wildman–Crippen LogP) is 4.44. The van der Waals surface area contributed by atoms with E-state index >= 15 is 0 Å². The van der Waals surface area contributed by atoms with Crippen LogP contribution in [0.3, 0.4) is 0 Å². The van der Waals surface area contributed by atoms with E-state index in [1.807, 2.05) is 54.3 Å². The highest BCUT2D eigenvalue weighted by Crippen LogP contribution is 2.40. The molecular formula is C18H14N4O3. The fourth-order valence-corrected chi connectivity index (χ4v) is 3.14. The molecule has 0 saturated carbocycles. The van der Waals surface area contributed by atoms with E-state index in [4.69, 9.17) is 0 Å². The smallest absolute Gasteiger partial charge is 0.324 e. The molecule has 0 saturated heterocycles. The van der Waals surface area contributed by atoms with Crippen LogP contribution in [0.2, 0.25) is 0 Å². The first-order valence-electron chi connectivity index (χ1n) is 7.85. The van der Waals surface area contributed by atoms with Gasteiger partial charge in [0.1, 0.15) is 11.2 Å². The maximum Gasteiger partial charge on any atom is 0.324 e. The molecule has 0 atom stereocenters. The van der Waals surface area contributed by atoms with E-state index in [2.05, 4.69) is 14.9 Å². The Hall–Kier alpha value is -3.48. The van der Waals surface area contributed by atoms with E-state index in [0.717, 1.165) is 16.5 Å². The Balaban J connectivity index is 1.99. The van der Waals surface area contributed by atoms with Crippen LogP contribution in [0, 0.1) is 10.1 Å². The van der Waals surface area contributed by atoms with Crippen molar-refractivity contribution >= 4 is 38.9 Å². The number of anilines is 2. The van der Waals surface area contributed by atoms with Crippen LogP contribution in [0.4, 0.5) is 17.1 Å². The fraction of sp³-hybridized carbons (Fsp3) is 0.111. The van der Waals surface area contributed by atoms with Crippen molar-refractivity contribution in [3.05, 3.63) is 64.7 Å². The van der Waals surface area contributed by atoms with Crippen LogP contribution in [0.1, 0.15) is 6.92 Å².